The Labute approximate surface area is 188 Å². The number of esters is 1. The van der Waals surface area contributed by atoms with Crippen molar-refractivity contribution in [2.24, 2.45) is 11.8 Å². The molecule has 0 bridgehead atoms. The standard InChI is InChI=1S/C22H26O11/c23-8-15-17(26)18(27)19(28)22(32-15)33-21-16-11(7-14(25)13(16)5-6-30-21)9-31-20(29)10-1-3-12(24)4-2-10/h1-7,13-19,21-28H,8-9H2/t13-,14+,15+,16-,17-,18+,19-,21+,22+/m1/s1. The van der Waals surface area contributed by atoms with Gasteiger partial charge in [-0.05, 0) is 35.9 Å². The van der Waals surface area contributed by atoms with E-state index in [2.05, 4.69) is 0 Å². The fourth-order valence-corrected chi connectivity index (χ4v) is 4.19. The van der Waals surface area contributed by atoms with E-state index in [1.54, 1.807) is 6.08 Å². The first-order valence-electron chi connectivity index (χ1n) is 10.4. The van der Waals surface area contributed by atoms with Crippen LogP contribution in [-0.4, -0.2) is 92.9 Å². The van der Waals surface area contributed by atoms with Crippen molar-refractivity contribution in [3.63, 3.8) is 0 Å². The summed E-state index contributed by atoms with van der Waals surface area (Å²) in [5.41, 5.74) is 0.746. The van der Waals surface area contributed by atoms with Crippen LogP contribution in [-0.2, 0) is 18.9 Å². The Balaban J connectivity index is 1.45. The molecule has 0 radical (unpaired) electrons. The number of aromatic hydroxyl groups is 1. The molecule has 1 aliphatic carbocycles. The molecular weight excluding hydrogens is 440 g/mol. The normalized spacial score (nSPS) is 37.7. The number of aliphatic hydroxyl groups is 5. The predicted octanol–water partition coefficient (Wildman–Crippen LogP) is -1.23. The first-order valence-corrected chi connectivity index (χ1v) is 10.4. The van der Waals surface area contributed by atoms with Crippen LogP contribution in [0.1, 0.15) is 10.4 Å². The molecule has 1 saturated heterocycles. The number of phenolic OH excluding ortho intramolecular Hbond substituents is 1. The molecule has 1 aromatic rings. The van der Waals surface area contributed by atoms with Crippen LogP contribution in [0, 0.1) is 11.8 Å². The van der Waals surface area contributed by atoms with Crippen molar-refractivity contribution in [1.29, 1.82) is 0 Å². The molecular formula is C22H26O11. The first-order chi connectivity index (χ1) is 15.8. The van der Waals surface area contributed by atoms with E-state index in [-0.39, 0.29) is 17.9 Å². The van der Waals surface area contributed by atoms with Crippen LogP contribution in [0.3, 0.4) is 0 Å². The third kappa shape index (κ3) is 4.75. The molecule has 11 heteroatoms. The summed E-state index contributed by atoms with van der Waals surface area (Å²) in [6.07, 6.45) is -4.86. The van der Waals surface area contributed by atoms with Gasteiger partial charge in [-0.25, -0.2) is 4.79 Å². The van der Waals surface area contributed by atoms with Crippen LogP contribution >= 0.6 is 0 Å². The molecule has 6 N–H and O–H groups in total. The molecule has 1 fully saturated rings. The van der Waals surface area contributed by atoms with Gasteiger partial charge in [0.15, 0.2) is 6.29 Å². The molecule has 9 atom stereocenters. The molecule has 0 unspecified atom stereocenters. The maximum absolute atomic E-state index is 12.3. The zero-order valence-corrected chi connectivity index (χ0v) is 17.4. The first kappa shape index (κ1) is 23.6. The van der Waals surface area contributed by atoms with Gasteiger partial charge in [0.05, 0.1) is 30.5 Å². The van der Waals surface area contributed by atoms with Gasteiger partial charge < -0.3 is 49.6 Å². The minimum absolute atomic E-state index is 0.00957. The van der Waals surface area contributed by atoms with Gasteiger partial charge in [-0.15, -0.1) is 0 Å². The lowest BCUT2D eigenvalue weighted by molar-refractivity contribution is -0.339. The number of carbonyl (C=O) groups excluding carboxylic acids is 1. The number of hydrogen-bond donors (Lipinski definition) is 6. The van der Waals surface area contributed by atoms with Gasteiger partial charge in [0.2, 0.25) is 6.29 Å². The van der Waals surface area contributed by atoms with Crippen molar-refractivity contribution in [2.45, 2.75) is 43.1 Å². The minimum Gasteiger partial charge on any atom is -0.508 e. The fraction of sp³-hybridized carbons (Fsp3) is 0.500. The maximum Gasteiger partial charge on any atom is 0.338 e. The van der Waals surface area contributed by atoms with Gasteiger partial charge in [-0.3, -0.25) is 0 Å². The molecule has 2 heterocycles. The number of phenols is 1. The molecule has 0 saturated carbocycles. The van der Waals surface area contributed by atoms with E-state index in [0.29, 0.717) is 5.57 Å². The average molecular weight is 466 g/mol. The van der Waals surface area contributed by atoms with E-state index in [1.807, 2.05) is 0 Å². The van der Waals surface area contributed by atoms with Gasteiger partial charge >= 0.3 is 5.97 Å². The van der Waals surface area contributed by atoms with E-state index in [4.69, 9.17) is 18.9 Å². The molecule has 3 aliphatic rings. The van der Waals surface area contributed by atoms with Crippen LogP contribution in [0.2, 0.25) is 0 Å². The molecule has 0 aromatic heterocycles. The van der Waals surface area contributed by atoms with Crippen LogP contribution in [0.5, 0.6) is 5.75 Å². The minimum atomic E-state index is -1.62. The Kier molecular flexibility index (Phi) is 7.00. The third-order valence-electron chi connectivity index (χ3n) is 6.02. The zero-order valence-electron chi connectivity index (χ0n) is 17.4. The van der Waals surface area contributed by atoms with Crippen molar-refractivity contribution in [3.05, 3.63) is 53.8 Å². The molecule has 1 aromatic carbocycles. The average Bonchev–Trinajstić information content (AvgIpc) is 3.14. The van der Waals surface area contributed by atoms with Crippen molar-refractivity contribution in [3.8, 4) is 5.75 Å². The van der Waals surface area contributed by atoms with Crippen LogP contribution in [0.15, 0.2) is 48.3 Å². The van der Waals surface area contributed by atoms with Crippen molar-refractivity contribution >= 4 is 5.97 Å². The summed E-state index contributed by atoms with van der Waals surface area (Å²) in [6, 6.07) is 5.54. The highest BCUT2D eigenvalue weighted by molar-refractivity contribution is 5.89. The van der Waals surface area contributed by atoms with Gasteiger partial charge in [0, 0.05) is 5.92 Å². The fourth-order valence-electron chi connectivity index (χ4n) is 4.19. The maximum atomic E-state index is 12.3. The lowest BCUT2D eigenvalue weighted by atomic mass is 9.88. The van der Waals surface area contributed by atoms with E-state index < -0.39 is 67.5 Å². The Bertz CT molecular complexity index is 896. The summed E-state index contributed by atoms with van der Waals surface area (Å²) in [6.45, 7) is -0.789. The number of rotatable bonds is 6. The molecule has 11 nitrogen and oxygen atoms in total. The van der Waals surface area contributed by atoms with Gasteiger partial charge in [-0.1, -0.05) is 6.08 Å². The predicted molar refractivity (Wildman–Crippen MR) is 108 cm³/mol. The summed E-state index contributed by atoms with van der Waals surface area (Å²) in [7, 11) is 0. The van der Waals surface area contributed by atoms with Crippen LogP contribution < -0.4 is 0 Å². The lowest BCUT2D eigenvalue weighted by Gasteiger charge is -2.42. The number of hydrogen-bond acceptors (Lipinski definition) is 11. The van der Waals surface area contributed by atoms with Gasteiger partial charge in [0.1, 0.15) is 36.8 Å². The van der Waals surface area contributed by atoms with E-state index >= 15 is 0 Å². The highest BCUT2D eigenvalue weighted by atomic mass is 16.8. The number of carbonyl (C=O) groups is 1. The topological polar surface area (TPSA) is 175 Å². The summed E-state index contributed by atoms with van der Waals surface area (Å²) in [4.78, 5) is 12.3. The third-order valence-corrected chi connectivity index (χ3v) is 6.02. The zero-order chi connectivity index (χ0) is 23.7. The summed E-state index contributed by atoms with van der Waals surface area (Å²) in [5, 5.41) is 59.4. The highest BCUT2D eigenvalue weighted by Gasteiger charge is 2.49. The van der Waals surface area contributed by atoms with E-state index in [0.717, 1.165) is 0 Å². The SMILES string of the molecule is O=C(OCC1=C[C@H](O)[C@H]2C=CO[C@@H](O[C@@H]3O[C@@H](CO)[C@@H](O)[C@H](O)[C@H]3O)[C@H]12)c1ccc(O)cc1. The molecule has 2 aliphatic heterocycles. The Morgan fingerprint density at radius 3 is 2.42 bits per heavy atom. The van der Waals surface area contributed by atoms with Gasteiger partial charge in [-0.2, -0.15) is 0 Å². The summed E-state index contributed by atoms with van der Waals surface area (Å²) in [5.74, 6) is -1.69. The molecule has 0 spiro atoms. The Morgan fingerprint density at radius 1 is 1.00 bits per heavy atom. The van der Waals surface area contributed by atoms with Crippen molar-refractivity contribution < 1.29 is 54.4 Å². The smallest absolute Gasteiger partial charge is 0.338 e. The van der Waals surface area contributed by atoms with Crippen LogP contribution in [0.25, 0.3) is 0 Å². The Hall–Kier alpha value is -2.51. The monoisotopic (exact) mass is 466 g/mol. The number of ether oxygens (including phenoxy) is 4. The second-order valence-electron chi connectivity index (χ2n) is 8.12. The molecule has 4 rings (SSSR count). The molecule has 180 valence electrons. The van der Waals surface area contributed by atoms with Crippen molar-refractivity contribution in [1.82, 2.24) is 0 Å². The van der Waals surface area contributed by atoms with E-state index in [9.17, 15) is 35.4 Å². The van der Waals surface area contributed by atoms with Crippen molar-refractivity contribution in [2.75, 3.05) is 13.2 Å². The molecule has 33 heavy (non-hydrogen) atoms. The lowest BCUT2D eigenvalue weighted by Crippen LogP contribution is -2.60. The summed E-state index contributed by atoms with van der Waals surface area (Å²) < 4.78 is 22.0. The second-order valence-corrected chi connectivity index (χ2v) is 8.12. The number of benzene rings is 1. The quantitative estimate of drug-likeness (QED) is 0.219. The second kappa shape index (κ2) is 9.77. The van der Waals surface area contributed by atoms with Crippen LogP contribution in [0.4, 0.5) is 0 Å². The number of aliphatic hydroxyl groups excluding tert-OH is 5. The van der Waals surface area contributed by atoms with E-state index in [1.165, 1.54) is 36.6 Å². The summed E-state index contributed by atoms with van der Waals surface area (Å²) >= 11 is 0. The highest BCUT2D eigenvalue weighted by Crippen LogP contribution is 2.41. The Morgan fingerprint density at radius 2 is 1.73 bits per heavy atom. The van der Waals surface area contributed by atoms with Gasteiger partial charge in [0.25, 0.3) is 0 Å². The molecule has 0 amide bonds. The largest absolute Gasteiger partial charge is 0.508 e. The number of fused-ring (bicyclic) bond motifs is 1.